The van der Waals surface area contributed by atoms with Crippen molar-refractivity contribution in [2.45, 2.75) is 31.8 Å². The molecule has 1 aromatic carbocycles. The van der Waals surface area contributed by atoms with E-state index in [0.717, 1.165) is 30.0 Å². The minimum Gasteiger partial charge on any atom is -0.317 e. The molecule has 2 aliphatic rings. The molecule has 0 aliphatic carbocycles. The normalized spacial score (nSPS) is 16.9. The number of urea groups is 1. The molecule has 2 aliphatic heterocycles. The second kappa shape index (κ2) is 7.85. The van der Waals surface area contributed by atoms with Gasteiger partial charge in [0.2, 0.25) is 0 Å². The Kier molecular flexibility index (Phi) is 5.56. The molecular formula is C19H23ClN4O. The molecule has 1 fully saturated rings. The molecule has 4 rings (SSSR count). The zero-order valence-corrected chi connectivity index (χ0v) is 14.9. The third-order valence-corrected chi connectivity index (χ3v) is 4.95. The summed E-state index contributed by atoms with van der Waals surface area (Å²) < 4.78 is 0. The number of anilines is 1. The number of carbonyl (C=O) groups excluding carboxylic acids is 1. The lowest BCUT2D eigenvalue weighted by Crippen LogP contribution is -2.30. The largest absolute Gasteiger partial charge is 0.322 e. The average molecular weight is 359 g/mol. The van der Waals surface area contributed by atoms with Gasteiger partial charge < -0.3 is 15.5 Å². The van der Waals surface area contributed by atoms with E-state index in [1.165, 1.54) is 18.4 Å². The number of carbonyl (C=O) groups is 1. The van der Waals surface area contributed by atoms with E-state index in [1.807, 2.05) is 24.3 Å². The molecule has 0 saturated carbocycles. The van der Waals surface area contributed by atoms with Gasteiger partial charge in [-0.05, 0) is 61.2 Å². The van der Waals surface area contributed by atoms with E-state index < -0.39 is 0 Å². The van der Waals surface area contributed by atoms with Crippen LogP contribution in [0.3, 0.4) is 0 Å². The first-order valence-corrected chi connectivity index (χ1v) is 8.59. The van der Waals surface area contributed by atoms with Crippen molar-refractivity contribution < 1.29 is 4.79 Å². The summed E-state index contributed by atoms with van der Waals surface area (Å²) in [6, 6.07) is 12.2. The van der Waals surface area contributed by atoms with E-state index in [4.69, 9.17) is 0 Å². The number of fused-ring (bicyclic) bond motifs is 1. The molecule has 2 aromatic rings. The number of hydrogen-bond donors (Lipinski definition) is 2. The molecule has 3 heterocycles. The number of nitrogens with zero attached hydrogens (tertiary/aromatic N) is 2. The maximum Gasteiger partial charge on any atom is 0.322 e. The number of nitrogens with one attached hydrogen (secondary N) is 2. The van der Waals surface area contributed by atoms with Crippen molar-refractivity contribution in [3.8, 4) is 0 Å². The lowest BCUT2D eigenvalue weighted by Gasteiger charge is -2.23. The summed E-state index contributed by atoms with van der Waals surface area (Å²) in [5.41, 5.74) is 4.34. The van der Waals surface area contributed by atoms with Crippen LogP contribution in [0.15, 0.2) is 42.6 Å². The van der Waals surface area contributed by atoms with Crippen LogP contribution in [0.1, 0.15) is 35.6 Å². The minimum absolute atomic E-state index is 0. The summed E-state index contributed by atoms with van der Waals surface area (Å²) in [6.45, 7) is 3.39. The number of benzene rings is 1. The quantitative estimate of drug-likeness (QED) is 0.863. The van der Waals surface area contributed by atoms with Crippen molar-refractivity contribution in [3.05, 3.63) is 59.4 Å². The van der Waals surface area contributed by atoms with Gasteiger partial charge in [-0.15, -0.1) is 12.4 Å². The maximum absolute atomic E-state index is 12.4. The van der Waals surface area contributed by atoms with Gasteiger partial charge in [0, 0.05) is 18.4 Å². The first kappa shape index (κ1) is 17.7. The second-order valence-corrected chi connectivity index (χ2v) is 6.54. The van der Waals surface area contributed by atoms with Gasteiger partial charge >= 0.3 is 6.03 Å². The lowest BCUT2D eigenvalue weighted by atomic mass is 9.90. The Morgan fingerprint density at radius 1 is 1.12 bits per heavy atom. The standard InChI is InChI=1S/C19H22N4O.ClH/c24-19(23-12-16-2-1-9-21-18(16)13-23)22-17-5-3-14(4-6-17)15-7-10-20-11-8-15;/h1-6,9,15,20H,7-8,10-13H2,(H,22,24);1H. The molecule has 5 nitrogen and oxygen atoms in total. The number of halogens is 1. The third kappa shape index (κ3) is 3.94. The number of rotatable bonds is 2. The van der Waals surface area contributed by atoms with Crippen LogP contribution in [0.25, 0.3) is 0 Å². The summed E-state index contributed by atoms with van der Waals surface area (Å²) in [4.78, 5) is 18.6. The van der Waals surface area contributed by atoms with Crippen molar-refractivity contribution >= 4 is 24.1 Å². The van der Waals surface area contributed by atoms with Gasteiger partial charge in [-0.1, -0.05) is 18.2 Å². The van der Waals surface area contributed by atoms with Crippen molar-refractivity contribution in [2.75, 3.05) is 18.4 Å². The topological polar surface area (TPSA) is 57.3 Å². The van der Waals surface area contributed by atoms with Crippen LogP contribution in [0, 0.1) is 0 Å². The summed E-state index contributed by atoms with van der Waals surface area (Å²) >= 11 is 0. The van der Waals surface area contributed by atoms with Crippen molar-refractivity contribution in [3.63, 3.8) is 0 Å². The summed E-state index contributed by atoms with van der Waals surface area (Å²) in [7, 11) is 0. The maximum atomic E-state index is 12.4. The molecule has 132 valence electrons. The van der Waals surface area contributed by atoms with Crippen LogP contribution in [0.4, 0.5) is 10.5 Å². The minimum atomic E-state index is -0.0670. The van der Waals surface area contributed by atoms with E-state index in [2.05, 4.69) is 27.8 Å². The fourth-order valence-corrected chi connectivity index (χ4v) is 3.54. The van der Waals surface area contributed by atoms with Gasteiger partial charge in [0.1, 0.15) is 0 Å². The fourth-order valence-electron chi connectivity index (χ4n) is 3.54. The van der Waals surface area contributed by atoms with Crippen LogP contribution in [-0.2, 0) is 13.1 Å². The SMILES string of the molecule is Cl.O=C(Nc1ccc(C2CCNCC2)cc1)N1Cc2cccnc2C1. The Morgan fingerprint density at radius 2 is 1.88 bits per heavy atom. The second-order valence-electron chi connectivity index (χ2n) is 6.54. The van der Waals surface area contributed by atoms with Crippen molar-refractivity contribution in [1.29, 1.82) is 0 Å². The van der Waals surface area contributed by atoms with Gasteiger partial charge in [-0.3, -0.25) is 4.98 Å². The van der Waals surface area contributed by atoms with Crippen LogP contribution < -0.4 is 10.6 Å². The average Bonchev–Trinajstić information content (AvgIpc) is 3.07. The van der Waals surface area contributed by atoms with Gasteiger partial charge in [-0.2, -0.15) is 0 Å². The molecular weight excluding hydrogens is 336 g/mol. The molecule has 25 heavy (non-hydrogen) atoms. The van der Waals surface area contributed by atoms with Crippen molar-refractivity contribution in [2.24, 2.45) is 0 Å². The summed E-state index contributed by atoms with van der Waals surface area (Å²) in [6.07, 6.45) is 4.15. The van der Waals surface area contributed by atoms with E-state index in [-0.39, 0.29) is 18.4 Å². The van der Waals surface area contributed by atoms with Gasteiger partial charge in [-0.25, -0.2) is 4.79 Å². The predicted molar refractivity (Wildman–Crippen MR) is 101 cm³/mol. The van der Waals surface area contributed by atoms with Crippen LogP contribution >= 0.6 is 12.4 Å². The highest BCUT2D eigenvalue weighted by Crippen LogP contribution is 2.26. The number of pyridine rings is 1. The van der Waals surface area contributed by atoms with E-state index in [0.29, 0.717) is 19.0 Å². The Labute approximate surface area is 154 Å². The Morgan fingerprint density at radius 3 is 2.60 bits per heavy atom. The zero-order valence-electron chi connectivity index (χ0n) is 14.1. The summed E-state index contributed by atoms with van der Waals surface area (Å²) in [5.74, 6) is 0.634. The number of amides is 2. The van der Waals surface area contributed by atoms with Gasteiger partial charge in [0.15, 0.2) is 0 Å². The third-order valence-electron chi connectivity index (χ3n) is 4.95. The molecule has 1 aromatic heterocycles. The first-order chi connectivity index (χ1) is 11.8. The molecule has 6 heteroatoms. The Balaban J connectivity index is 0.00000182. The molecule has 0 unspecified atom stereocenters. The number of aromatic nitrogens is 1. The first-order valence-electron chi connectivity index (χ1n) is 8.59. The molecule has 1 saturated heterocycles. The molecule has 0 atom stereocenters. The molecule has 0 radical (unpaired) electrons. The fraction of sp³-hybridized carbons (Fsp3) is 0.368. The number of piperidine rings is 1. The van der Waals surface area contributed by atoms with Crippen LogP contribution in [0.2, 0.25) is 0 Å². The van der Waals surface area contributed by atoms with Crippen LogP contribution in [0.5, 0.6) is 0 Å². The number of hydrogen-bond acceptors (Lipinski definition) is 3. The predicted octanol–water partition coefficient (Wildman–Crippen LogP) is 3.52. The van der Waals surface area contributed by atoms with E-state index in [9.17, 15) is 4.79 Å². The smallest absolute Gasteiger partial charge is 0.317 e. The highest BCUT2D eigenvalue weighted by molar-refractivity contribution is 5.89. The Hall–Kier alpha value is -2.11. The monoisotopic (exact) mass is 358 g/mol. The van der Waals surface area contributed by atoms with E-state index >= 15 is 0 Å². The van der Waals surface area contributed by atoms with E-state index in [1.54, 1.807) is 11.1 Å². The lowest BCUT2D eigenvalue weighted by molar-refractivity contribution is 0.212. The summed E-state index contributed by atoms with van der Waals surface area (Å²) in [5, 5.41) is 6.39. The Bertz CT molecular complexity index is 703. The van der Waals surface area contributed by atoms with Gasteiger partial charge in [0.05, 0.1) is 12.2 Å². The zero-order chi connectivity index (χ0) is 16.4. The molecule has 0 bridgehead atoms. The molecule has 2 N–H and O–H groups in total. The molecule has 0 spiro atoms. The molecule has 2 amide bonds. The van der Waals surface area contributed by atoms with Crippen molar-refractivity contribution in [1.82, 2.24) is 15.2 Å². The van der Waals surface area contributed by atoms with Gasteiger partial charge in [0.25, 0.3) is 0 Å². The highest BCUT2D eigenvalue weighted by Gasteiger charge is 2.24. The highest BCUT2D eigenvalue weighted by atomic mass is 35.5. The van der Waals surface area contributed by atoms with Crippen LogP contribution in [-0.4, -0.2) is 29.0 Å².